The molecule has 1 saturated heterocycles. The molecule has 1 N–H and O–H groups in total. The van der Waals surface area contributed by atoms with Gasteiger partial charge in [-0.25, -0.2) is 8.42 Å². The van der Waals surface area contributed by atoms with Crippen molar-refractivity contribution in [1.82, 2.24) is 4.31 Å². The molecule has 0 atom stereocenters. The van der Waals surface area contributed by atoms with Crippen molar-refractivity contribution in [3.05, 3.63) is 60.2 Å². The summed E-state index contributed by atoms with van der Waals surface area (Å²) in [6, 6.07) is 15.9. The van der Waals surface area contributed by atoms with Crippen LogP contribution in [0.25, 0.3) is 0 Å². The predicted molar refractivity (Wildman–Crippen MR) is 104 cm³/mol. The summed E-state index contributed by atoms with van der Waals surface area (Å²) in [6.07, 6.45) is 1.03. The number of hydrogen-bond donors (Lipinski definition) is 1. The van der Waals surface area contributed by atoms with Crippen LogP contribution in [0.4, 0.5) is 5.69 Å². The third kappa shape index (κ3) is 4.74. The Balaban J connectivity index is 1.56. The summed E-state index contributed by atoms with van der Waals surface area (Å²) < 4.78 is 31.8. The van der Waals surface area contributed by atoms with E-state index in [1.165, 1.54) is 4.31 Å². The van der Waals surface area contributed by atoms with E-state index in [1.54, 1.807) is 37.4 Å². The summed E-state index contributed by atoms with van der Waals surface area (Å²) in [5.74, 6) is -0.253. The average molecular weight is 388 g/mol. The fraction of sp³-hybridized carbons (Fsp3) is 0.350. The zero-order valence-corrected chi connectivity index (χ0v) is 16.1. The third-order valence-electron chi connectivity index (χ3n) is 4.74. The molecule has 0 bridgehead atoms. The van der Waals surface area contributed by atoms with E-state index in [9.17, 15) is 13.2 Å². The molecule has 0 spiro atoms. The summed E-state index contributed by atoms with van der Waals surface area (Å²) in [7, 11) is -1.85. The molecule has 1 aliphatic heterocycles. The van der Waals surface area contributed by atoms with Gasteiger partial charge in [-0.05, 0) is 42.7 Å². The lowest BCUT2D eigenvalue weighted by Gasteiger charge is -2.30. The summed E-state index contributed by atoms with van der Waals surface area (Å²) >= 11 is 0. The van der Waals surface area contributed by atoms with Crippen LogP contribution in [0, 0.1) is 5.92 Å². The fourth-order valence-electron chi connectivity index (χ4n) is 3.20. The van der Waals surface area contributed by atoms with Crippen LogP contribution in [0.15, 0.2) is 59.5 Å². The number of nitrogens with one attached hydrogen (secondary N) is 1. The van der Waals surface area contributed by atoms with Crippen molar-refractivity contribution in [2.45, 2.75) is 24.3 Å². The van der Waals surface area contributed by atoms with Gasteiger partial charge in [0.15, 0.2) is 0 Å². The van der Waals surface area contributed by atoms with Crippen LogP contribution in [0.5, 0.6) is 0 Å². The number of anilines is 1. The molecule has 1 heterocycles. The van der Waals surface area contributed by atoms with Gasteiger partial charge in [-0.1, -0.05) is 30.3 Å². The number of carbonyl (C=O) groups is 1. The quantitative estimate of drug-likeness (QED) is 0.826. The van der Waals surface area contributed by atoms with Gasteiger partial charge in [-0.2, -0.15) is 4.31 Å². The molecule has 27 heavy (non-hydrogen) atoms. The minimum atomic E-state index is -3.49. The van der Waals surface area contributed by atoms with Gasteiger partial charge in [0.2, 0.25) is 15.9 Å². The van der Waals surface area contributed by atoms with Crippen LogP contribution in [0.3, 0.4) is 0 Å². The number of carbonyl (C=O) groups excluding carboxylic acids is 1. The first-order chi connectivity index (χ1) is 13.0. The number of amides is 1. The van der Waals surface area contributed by atoms with Crippen LogP contribution < -0.4 is 5.32 Å². The number of benzene rings is 2. The molecule has 3 rings (SSSR count). The lowest BCUT2D eigenvalue weighted by atomic mass is 9.97. The van der Waals surface area contributed by atoms with Gasteiger partial charge in [-0.3, -0.25) is 4.79 Å². The first kappa shape index (κ1) is 19.5. The molecule has 0 aliphatic carbocycles. The van der Waals surface area contributed by atoms with E-state index in [2.05, 4.69) is 5.32 Å². The predicted octanol–water partition coefficient (Wildman–Crippen LogP) is 2.87. The van der Waals surface area contributed by atoms with E-state index in [4.69, 9.17) is 4.74 Å². The maximum Gasteiger partial charge on any atom is 0.243 e. The number of rotatable bonds is 6. The molecular formula is C20H24N2O4S. The Morgan fingerprint density at radius 2 is 1.70 bits per heavy atom. The van der Waals surface area contributed by atoms with Gasteiger partial charge >= 0.3 is 0 Å². The first-order valence-corrected chi connectivity index (χ1v) is 10.4. The molecule has 144 valence electrons. The highest BCUT2D eigenvalue weighted by Gasteiger charge is 2.31. The summed E-state index contributed by atoms with van der Waals surface area (Å²) in [4.78, 5) is 12.8. The lowest BCUT2D eigenvalue weighted by Crippen LogP contribution is -2.41. The smallest absolute Gasteiger partial charge is 0.243 e. The highest BCUT2D eigenvalue weighted by atomic mass is 32.2. The number of sulfonamides is 1. The average Bonchev–Trinajstić information content (AvgIpc) is 2.70. The van der Waals surface area contributed by atoms with Crippen molar-refractivity contribution in [2.24, 2.45) is 5.92 Å². The van der Waals surface area contributed by atoms with E-state index in [1.807, 2.05) is 24.3 Å². The van der Waals surface area contributed by atoms with Gasteiger partial charge in [0.25, 0.3) is 0 Å². The molecule has 7 heteroatoms. The normalized spacial score (nSPS) is 16.2. The zero-order chi connectivity index (χ0) is 19.3. The fourth-order valence-corrected chi connectivity index (χ4v) is 4.69. The minimum Gasteiger partial charge on any atom is -0.380 e. The molecular weight excluding hydrogens is 364 g/mol. The number of methoxy groups -OCH3 is 1. The lowest BCUT2D eigenvalue weighted by molar-refractivity contribution is -0.120. The van der Waals surface area contributed by atoms with Crippen molar-refractivity contribution in [3.8, 4) is 0 Å². The monoisotopic (exact) mass is 388 g/mol. The van der Waals surface area contributed by atoms with Gasteiger partial charge < -0.3 is 10.1 Å². The Hall–Kier alpha value is -2.22. The number of ether oxygens (including phenoxy) is 1. The molecule has 6 nitrogen and oxygen atoms in total. The van der Waals surface area contributed by atoms with Crippen LogP contribution in [0.1, 0.15) is 18.4 Å². The van der Waals surface area contributed by atoms with Crippen molar-refractivity contribution >= 4 is 21.6 Å². The van der Waals surface area contributed by atoms with Crippen LogP contribution in [-0.4, -0.2) is 38.8 Å². The van der Waals surface area contributed by atoms with E-state index in [0.717, 1.165) is 11.3 Å². The van der Waals surface area contributed by atoms with Crippen LogP contribution in [-0.2, 0) is 26.2 Å². The SMILES string of the molecule is COCc1ccc(NC(=O)C2CCN(S(=O)(=O)c3ccccc3)CC2)cc1. The van der Waals surface area contributed by atoms with E-state index in [-0.39, 0.29) is 11.8 Å². The maximum atomic E-state index is 12.7. The standard InChI is InChI=1S/C20H24N2O4S/c1-26-15-16-7-9-18(10-8-16)21-20(23)17-11-13-22(14-12-17)27(24,25)19-5-3-2-4-6-19/h2-10,17H,11-15H2,1H3,(H,21,23). The van der Waals surface area contributed by atoms with Crippen LogP contribution >= 0.6 is 0 Å². The highest BCUT2D eigenvalue weighted by molar-refractivity contribution is 7.89. The Morgan fingerprint density at radius 3 is 2.30 bits per heavy atom. The van der Waals surface area contributed by atoms with Crippen LogP contribution in [0.2, 0.25) is 0 Å². The maximum absolute atomic E-state index is 12.7. The Bertz CT molecular complexity index is 859. The minimum absolute atomic E-state index is 0.0637. The second-order valence-corrected chi connectivity index (χ2v) is 8.55. The number of piperidine rings is 1. The summed E-state index contributed by atoms with van der Waals surface area (Å²) in [5, 5.41) is 2.92. The summed E-state index contributed by atoms with van der Waals surface area (Å²) in [6.45, 7) is 1.23. The molecule has 0 saturated carbocycles. The highest BCUT2D eigenvalue weighted by Crippen LogP contribution is 2.25. The second-order valence-electron chi connectivity index (χ2n) is 6.61. The topological polar surface area (TPSA) is 75.7 Å². The zero-order valence-electron chi connectivity index (χ0n) is 15.3. The first-order valence-electron chi connectivity index (χ1n) is 8.94. The number of nitrogens with zero attached hydrogens (tertiary/aromatic N) is 1. The van der Waals surface area contributed by atoms with E-state index >= 15 is 0 Å². The largest absolute Gasteiger partial charge is 0.380 e. The van der Waals surface area contributed by atoms with Gasteiger partial charge in [0.05, 0.1) is 11.5 Å². The molecule has 1 aliphatic rings. The Labute approximate surface area is 160 Å². The second kappa shape index (κ2) is 8.65. The van der Waals surface area contributed by atoms with E-state index < -0.39 is 10.0 Å². The summed E-state index contributed by atoms with van der Waals surface area (Å²) in [5.41, 5.74) is 1.77. The molecule has 2 aromatic carbocycles. The van der Waals surface area contributed by atoms with Crippen molar-refractivity contribution in [3.63, 3.8) is 0 Å². The van der Waals surface area contributed by atoms with Crippen molar-refractivity contribution in [1.29, 1.82) is 0 Å². The van der Waals surface area contributed by atoms with E-state index in [0.29, 0.717) is 37.4 Å². The molecule has 0 radical (unpaired) electrons. The Morgan fingerprint density at radius 1 is 1.07 bits per heavy atom. The van der Waals surface area contributed by atoms with Crippen molar-refractivity contribution in [2.75, 3.05) is 25.5 Å². The molecule has 0 aromatic heterocycles. The van der Waals surface area contributed by atoms with Gasteiger partial charge in [-0.15, -0.1) is 0 Å². The third-order valence-corrected chi connectivity index (χ3v) is 6.65. The Kier molecular flexibility index (Phi) is 6.26. The molecule has 2 aromatic rings. The van der Waals surface area contributed by atoms with Gasteiger partial charge in [0.1, 0.15) is 0 Å². The molecule has 1 fully saturated rings. The number of hydrogen-bond acceptors (Lipinski definition) is 4. The van der Waals surface area contributed by atoms with Gasteiger partial charge in [0, 0.05) is 31.8 Å². The van der Waals surface area contributed by atoms with Crippen molar-refractivity contribution < 1.29 is 17.9 Å². The molecule has 1 amide bonds. The molecule has 0 unspecified atom stereocenters.